The molecule has 3 rings (SSSR count). The van der Waals surface area contributed by atoms with Crippen molar-refractivity contribution < 1.29 is 4.74 Å². The van der Waals surface area contributed by atoms with Gasteiger partial charge in [0.15, 0.2) is 0 Å². The lowest BCUT2D eigenvalue weighted by Gasteiger charge is -2.27. The quantitative estimate of drug-likeness (QED) is 0.845. The van der Waals surface area contributed by atoms with Gasteiger partial charge in [-0.3, -0.25) is 0 Å². The van der Waals surface area contributed by atoms with Gasteiger partial charge in [-0.15, -0.1) is 0 Å². The number of nitrogens with two attached hydrogens (primary N) is 1. The number of fused-ring (bicyclic) bond motifs is 1. The van der Waals surface area contributed by atoms with Crippen LogP contribution in [0.1, 0.15) is 62.1 Å². The zero-order valence-corrected chi connectivity index (χ0v) is 12.4. The van der Waals surface area contributed by atoms with E-state index in [-0.39, 0.29) is 12.1 Å². The Hall–Kier alpha value is -0.860. The second-order valence-corrected chi connectivity index (χ2v) is 6.49. The first-order valence-corrected chi connectivity index (χ1v) is 8.29. The Balaban J connectivity index is 1.62. The van der Waals surface area contributed by atoms with Crippen molar-refractivity contribution in [2.24, 2.45) is 11.7 Å². The van der Waals surface area contributed by atoms with Crippen LogP contribution in [0.2, 0.25) is 0 Å². The maximum absolute atomic E-state index is 6.48. The minimum absolute atomic E-state index is 0.0530. The monoisotopic (exact) mass is 273 g/mol. The third-order valence-electron chi connectivity index (χ3n) is 5.02. The molecule has 1 fully saturated rings. The molecule has 1 saturated carbocycles. The third kappa shape index (κ3) is 3.24. The van der Waals surface area contributed by atoms with Gasteiger partial charge in [0.25, 0.3) is 0 Å². The Morgan fingerprint density at radius 1 is 1.00 bits per heavy atom. The summed E-state index contributed by atoms with van der Waals surface area (Å²) < 4.78 is 6.25. The number of rotatable bonds is 3. The van der Waals surface area contributed by atoms with E-state index < -0.39 is 0 Å². The van der Waals surface area contributed by atoms with Gasteiger partial charge in [-0.1, -0.05) is 43.5 Å². The molecule has 20 heavy (non-hydrogen) atoms. The lowest BCUT2D eigenvalue weighted by molar-refractivity contribution is 0.00207. The van der Waals surface area contributed by atoms with Crippen LogP contribution in [0.3, 0.4) is 0 Å². The summed E-state index contributed by atoms with van der Waals surface area (Å²) in [5.74, 6) is 0.773. The summed E-state index contributed by atoms with van der Waals surface area (Å²) in [6, 6.07) is 8.68. The largest absolute Gasteiger partial charge is 0.376 e. The molecule has 0 heterocycles. The van der Waals surface area contributed by atoms with Gasteiger partial charge in [-0.05, 0) is 49.1 Å². The molecule has 2 nitrogen and oxygen atoms in total. The molecule has 0 bridgehead atoms. The number of aryl methyl sites for hydroxylation is 1. The van der Waals surface area contributed by atoms with Crippen LogP contribution in [0.25, 0.3) is 0 Å². The maximum atomic E-state index is 6.48. The van der Waals surface area contributed by atoms with E-state index in [1.807, 2.05) is 0 Å². The molecule has 2 atom stereocenters. The normalized spacial score (nSPS) is 27.9. The summed E-state index contributed by atoms with van der Waals surface area (Å²) in [5, 5.41) is 0. The molecule has 1 aromatic carbocycles. The highest BCUT2D eigenvalue weighted by molar-refractivity contribution is 5.31. The highest BCUT2D eigenvalue weighted by atomic mass is 16.5. The molecular weight excluding hydrogens is 246 g/mol. The molecule has 0 radical (unpaired) electrons. The first-order valence-electron chi connectivity index (χ1n) is 8.29. The Kier molecular flexibility index (Phi) is 4.74. The van der Waals surface area contributed by atoms with E-state index >= 15 is 0 Å². The highest BCUT2D eigenvalue weighted by Crippen LogP contribution is 2.30. The standard InChI is InChI=1S/C18H27NO/c19-18-16-11-5-4-9-15(16)10-6-12-17(18)20-13-14-7-2-1-3-8-14/h4-5,9,11,14,17-18H,1-3,6-8,10,12-13,19H2. The Bertz CT molecular complexity index is 425. The van der Waals surface area contributed by atoms with Crippen LogP contribution in [-0.4, -0.2) is 12.7 Å². The van der Waals surface area contributed by atoms with Gasteiger partial charge >= 0.3 is 0 Å². The fourth-order valence-corrected chi connectivity index (χ4v) is 3.76. The summed E-state index contributed by atoms with van der Waals surface area (Å²) in [6.45, 7) is 0.917. The van der Waals surface area contributed by atoms with E-state index in [0.29, 0.717) is 0 Å². The zero-order valence-electron chi connectivity index (χ0n) is 12.4. The van der Waals surface area contributed by atoms with Gasteiger partial charge in [0.2, 0.25) is 0 Å². The Labute approximate surface area is 122 Å². The van der Waals surface area contributed by atoms with Crippen molar-refractivity contribution >= 4 is 0 Å². The number of ether oxygens (including phenoxy) is 1. The predicted octanol–water partition coefficient (Wildman–Crippen LogP) is 3.99. The summed E-state index contributed by atoms with van der Waals surface area (Å²) in [5.41, 5.74) is 9.21. The van der Waals surface area contributed by atoms with E-state index in [4.69, 9.17) is 10.5 Å². The van der Waals surface area contributed by atoms with Crippen LogP contribution in [0.4, 0.5) is 0 Å². The molecule has 1 aromatic rings. The summed E-state index contributed by atoms with van der Waals surface area (Å²) in [7, 11) is 0. The van der Waals surface area contributed by atoms with Gasteiger partial charge in [0.05, 0.1) is 12.1 Å². The lowest BCUT2D eigenvalue weighted by Crippen LogP contribution is -2.30. The highest BCUT2D eigenvalue weighted by Gasteiger charge is 2.26. The van der Waals surface area contributed by atoms with Crippen LogP contribution in [-0.2, 0) is 11.2 Å². The van der Waals surface area contributed by atoms with Crippen LogP contribution in [0, 0.1) is 5.92 Å². The van der Waals surface area contributed by atoms with Crippen LogP contribution >= 0.6 is 0 Å². The van der Waals surface area contributed by atoms with Crippen LogP contribution < -0.4 is 5.73 Å². The third-order valence-corrected chi connectivity index (χ3v) is 5.02. The fraction of sp³-hybridized carbons (Fsp3) is 0.667. The van der Waals surface area contributed by atoms with Crippen molar-refractivity contribution in [3.05, 3.63) is 35.4 Å². The maximum Gasteiger partial charge on any atom is 0.0767 e. The van der Waals surface area contributed by atoms with E-state index in [0.717, 1.165) is 25.4 Å². The van der Waals surface area contributed by atoms with E-state index in [1.54, 1.807) is 0 Å². The number of hydrogen-bond donors (Lipinski definition) is 1. The van der Waals surface area contributed by atoms with Gasteiger partial charge in [0, 0.05) is 6.61 Å². The van der Waals surface area contributed by atoms with Gasteiger partial charge in [0.1, 0.15) is 0 Å². The van der Waals surface area contributed by atoms with Crippen molar-refractivity contribution in [1.29, 1.82) is 0 Å². The summed E-state index contributed by atoms with van der Waals surface area (Å²) in [6.07, 6.45) is 10.5. The molecule has 2 aliphatic rings. The topological polar surface area (TPSA) is 35.2 Å². The molecular formula is C18H27NO. The van der Waals surface area contributed by atoms with Crippen molar-refractivity contribution in [1.82, 2.24) is 0 Å². The molecule has 2 heteroatoms. The van der Waals surface area contributed by atoms with Gasteiger partial charge in [-0.2, -0.15) is 0 Å². The number of hydrogen-bond acceptors (Lipinski definition) is 2. The van der Waals surface area contributed by atoms with E-state index in [2.05, 4.69) is 24.3 Å². The predicted molar refractivity (Wildman–Crippen MR) is 82.6 cm³/mol. The second-order valence-electron chi connectivity index (χ2n) is 6.49. The molecule has 2 N–H and O–H groups in total. The SMILES string of the molecule is NC1c2ccccc2CCCC1OCC1CCCCC1. The molecule has 0 aromatic heterocycles. The minimum atomic E-state index is 0.0530. The average Bonchev–Trinajstić information content (AvgIpc) is 2.66. The first kappa shape index (κ1) is 14.1. The van der Waals surface area contributed by atoms with E-state index in [9.17, 15) is 0 Å². The van der Waals surface area contributed by atoms with E-state index in [1.165, 1.54) is 49.7 Å². The van der Waals surface area contributed by atoms with Crippen molar-refractivity contribution in [2.75, 3.05) is 6.61 Å². The molecule has 0 saturated heterocycles. The van der Waals surface area contributed by atoms with Crippen molar-refractivity contribution in [2.45, 2.75) is 63.5 Å². The van der Waals surface area contributed by atoms with Gasteiger partial charge < -0.3 is 10.5 Å². The smallest absolute Gasteiger partial charge is 0.0767 e. The molecule has 2 aliphatic carbocycles. The Morgan fingerprint density at radius 2 is 1.80 bits per heavy atom. The Morgan fingerprint density at radius 3 is 2.65 bits per heavy atom. The molecule has 2 unspecified atom stereocenters. The molecule has 110 valence electrons. The zero-order chi connectivity index (χ0) is 13.8. The molecule has 0 spiro atoms. The van der Waals surface area contributed by atoms with Crippen LogP contribution in [0.15, 0.2) is 24.3 Å². The van der Waals surface area contributed by atoms with Crippen LogP contribution in [0.5, 0.6) is 0 Å². The summed E-state index contributed by atoms with van der Waals surface area (Å²) >= 11 is 0. The van der Waals surface area contributed by atoms with Crippen molar-refractivity contribution in [3.8, 4) is 0 Å². The first-order chi connectivity index (χ1) is 9.84. The number of benzene rings is 1. The fourth-order valence-electron chi connectivity index (χ4n) is 3.76. The molecule has 0 amide bonds. The molecule has 0 aliphatic heterocycles. The van der Waals surface area contributed by atoms with Gasteiger partial charge in [-0.25, -0.2) is 0 Å². The second kappa shape index (κ2) is 6.73. The lowest BCUT2D eigenvalue weighted by atomic mass is 9.90. The average molecular weight is 273 g/mol. The summed E-state index contributed by atoms with van der Waals surface area (Å²) in [4.78, 5) is 0. The van der Waals surface area contributed by atoms with Crippen molar-refractivity contribution in [3.63, 3.8) is 0 Å². The minimum Gasteiger partial charge on any atom is -0.376 e.